The summed E-state index contributed by atoms with van der Waals surface area (Å²) in [7, 11) is 0. The summed E-state index contributed by atoms with van der Waals surface area (Å²) in [5, 5.41) is 24.0. The minimum atomic E-state index is -1.48. The van der Waals surface area contributed by atoms with Crippen molar-refractivity contribution < 1.29 is 24.2 Å². The monoisotopic (exact) mass is 288 g/mol. The molecule has 0 unspecified atom stereocenters. The number of pyridine rings is 1. The van der Waals surface area contributed by atoms with Crippen molar-refractivity contribution in [3.05, 3.63) is 48.0 Å². The molecule has 0 aliphatic rings. The molecule has 1 aromatic heterocycles. The number of halogens is 1. The lowest BCUT2D eigenvalue weighted by Gasteiger charge is -2.14. The maximum atomic E-state index is 13.1. The van der Waals surface area contributed by atoms with Crippen LogP contribution < -0.4 is 15.5 Å². The van der Waals surface area contributed by atoms with Gasteiger partial charge in [-0.15, -0.1) is 0 Å². The van der Waals surface area contributed by atoms with Crippen molar-refractivity contribution in [2.45, 2.75) is 0 Å². The first-order chi connectivity index (χ1) is 9.97. The highest BCUT2D eigenvalue weighted by Crippen LogP contribution is 2.23. The van der Waals surface area contributed by atoms with Crippen LogP contribution in [0.5, 0.6) is 5.75 Å². The number of hydrogen-bond donors (Lipinski definition) is 1. The number of aliphatic carboxylic acids is 1. The van der Waals surface area contributed by atoms with Gasteiger partial charge in [0.2, 0.25) is 0 Å². The molecule has 1 aromatic carbocycles. The molecule has 108 valence electrons. The van der Waals surface area contributed by atoms with Gasteiger partial charge in [-0.1, -0.05) is 23.9 Å². The van der Waals surface area contributed by atoms with Crippen LogP contribution in [0.2, 0.25) is 0 Å². The number of benzene rings is 1. The Kier molecular flexibility index (Phi) is 4.13. The van der Waals surface area contributed by atoms with Gasteiger partial charge < -0.3 is 20.3 Å². The highest BCUT2D eigenvalue weighted by Gasteiger charge is 2.09. The molecule has 1 amide bonds. The molecule has 0 atom stereocenters. The highest BCUT2D eigenvalue weighted by molar-refractivity contribution is 5.96. The predicted octanol–water partition coefficient (Wildman–Crippen LogP) is -0.559. The SMILES string of the molecule is O=C([O-])CNC(=O)c1ncc(-c2cccc(F)c2)cc1[O-]. The average molecular weight is 288 g/mol. The van der Waals surface area contributed by atoms with Crippen LogP contribution in [0.15, 0.2) is 36.5 Å². The lowest BCUT2D eigenvalue weighted by molar-refractivity contribution is -0.303. The number of carboxylic acid groups (broad SMARTS) is 1. The summed E-state index contributed by atoms with van der Waals surface area (Å²) in [5.41, 5.74) is 0.369. The molecule has 0 spiro atoms. The van der Waals surface area contributed by atoms with Crippen molar-refractivity contribution >= 4 is 11.9 Å². The van der Waals surface area contributed by atoms with E-state index in [4.69, 9.17) is 0 Å². The zero-order chi connectivity index (χ0) is 15.4. The van der Waals surface area contributed by atoms with Gasteiger partial charge in [-0.25, -0.2) is 4.39 Å². The second kappa shape index (κ2) is 6.00. The van der Waals surface area contributed by atoms with E-state index in [-0.39, 0.29) is 0 Å². The fourth-order valence-electron chi connectivity index (χ4n) is 1.68. The maximum absolute atomic E-state index is 13.1. The second-order valence-corrected chi connectivity index (χ2v) is 4.14. The van der Waals surface area contributed by atoms with Gasteiger partial charge in [0.1, 0.15) is 11.5 Å². The summed E-state index contributed by atoms with van der Waals surface area (Å²) >= 11 is 0. The molecule has 0 aliphatic heterocycles. The number of rotatable bonds is 4. The number of nitrogens with one attached hydrogen (secondary N) is 1. The molecule has 6 nitrogen and oxygen atoms in total. The van der Waals surface area contributed by atoms with E-state index in [0.717, 1.165) is 6.07 Å². The van der Waals surface area contributed by atoms with Gasteiger partial charge in [0.25, 0.3) is 5.91 Å². The molecule has 0 aliphatic carbocycles. The van der Waals surface area contributed by atoms with Crippen molar-refractivity contribution in [1.29, 1.82) is 0 Å². The highest BCUT2D eigenvalue weighted by atomic mass is 19.1. The van der Waals surface area contributed by atoms with E-state index in [1.165, 1.54) is 24.4 Å². The summed E-state index contributed by atoms with van der Waals surface area (Å²) in [5.74, 6) is -3.54. The van der Waals surface area contributed by atoms with E-state index in [0.29, 0.717) is 11.1 Å². The lowest BCUT2D eigenvalue weighted by atomic mass is 10.1. The van der Waals surface area contributed by atoms with Crippen molar-refractivity contribution in [3.63, 3.8) is 0 Å². The smallest absolute Gasteiger partial charge is 0.269 e. The third kappa shape index (κ3) is 3.53. The number of carbonyl (C=O) groups is 2. The van der Waals surface area contributed by atoms with Gasteiger partial charge in [-0.05, 0) is 23.3 Å². The van der Waals surface area contributed by atoms with Crippen LogP contribution in [0.1, 0.15) is 10.5 Å². The van der Waals surface area contributed by atoms with Crippen LogP contribution >= 0.6 is 0 Å². The van der Waals surface area contributed by atoms with Gasteiger partial charge in [0, 0.05) is 6.20 Å². The second-order valence-electron chi connectivity index (χ2n) is 4.14. The average Bonchev–Trinajstić information content (AvgIpc) is 2.44. The summed E-state index contributed by atoms with van der Waals surface area (Å²) in [6.07, 6.45) is 1.24. The lowest BCUT2D eigenvalue weighted by Crippen LogP contribution is -2.38. The Morgan fingerprint density at radius 3 is 2.62 bits per heavy atom. The Morgan fingerprint density at radius 2 is 2.00 bits per heavy atom. The molecule has 21 heavy (non-hydrogen) atoms. The Hall–Kier alpha value is -2.96. The number of carbonyl (C=O) groups excluding carboxylic acids is 2. The molecule has 0 bridgehead atoms. The summed E-state index contributed by atoms with van der Waals surface area (Å²) in [4.78, 5) is 25.5. The van der Waals surface area contributed by atoms with E-state index in [9.17, 15) is 24.2 Å². The van der Waals surface area contributed by atoms with Crippen LogP contribution in [0.4, 0.5) is 4.39 Å². The molecule has 1 N–H and O–H groups in total. The molecule has 0 radical (unpaired) electrons. The number of amides is 1. The third-order valence-corrected chi connectivity index (χ3v) is 2.62. The van der Waals surface area contributed by atoms with Crippen LogP contribution in [0.25, 0.3) is 11.1 Å². The molecule has 0 saturated heterocycles. The van der Waals surface area contributed by atoms with Crippen molar-refractivity contribution in [3.8, 4) is 16.9 Å². The van der Waals surface area contributed by atoms with Crippen LogP contribution in [0.3, 0.4) is 0 Å². The molecular weight excluding hydrogens is 279 g/mol. The summed E-state index contributed by atoms with van der Waals surface area (Å²) in [6.45, 7) is -0.717. The number of nitrogens with zero attached hydrogens (tertiary/aromatic N) is 1. The van der Waals surface area contributed by atoms with E-state index in [1.54, 1.807) is 6.07 Å². The van der Waals surface area contributed by atoms with Crippen LogP contribution in [0, 0.1) is 5.82 Å². The van der Waals surface area contributed by atoms with E-state index in [1.807, 2.05) is 5.32 Å². The van der Waals surface area contributed by atoms with Gasteiger partial charge >= 0.3 is 0 Å². The van der Waals surface area contributed by atoms with Crippen molar-refractivity contribution in [1.82, 2.24) is 10.3 Å². The maximum Gasteiger partial charge on any atom is 0.269 e. The third-order valence-electron chi connectivity index (χ3n) is 2.62. The fraction of sp³-hybridized carbons (Fsp3) is 0.0714. The molecule has 1 heterocycles. The Balaban J connectivity index is 2.25. The molecule has 0 saturated carbocycles. The van der Waals surface area contributed by atoms with E-state index >= 15 is 0 Å². The number of carboxylic acids is 1. The Bertz CT molecular complexity index is 703. The zero-order valence-corrected chi connectivity index (χ0v) is 10.6. The minimum absolute atomic E-state index is 0.357. The number of aromatic nitrogens is 1. The Morgan fingerprint density at radius 1 is 1.24 bits per heavy atom. The molecule has 0 fully saturated rings. The van der Waals surface area contributed by atoms with Crippen LogP contribution in [-0.2, 0) is 4.79 Å². The largest absolute Gasteiger partial charge is 0.871 e. The van der Waals surface area contributed by atoms with E-state index in [2.05, 4.69) is 4.98 Å². The Labute approximate surface area is 118 Å². The quantitative estimate of drug-likeness (QED) is 0.812. The number of hydrogen-bond acceptors (Lipinski definition) is 5. The topological polar surface area (TPSA) is 105 Å². The zero-order valence-electron chi connectivity index (χ0n) is 10.6. The van der Waals surface area contributed by atoms with Crippen molar-refractivity contribution in [2.75, 3.05) is 6.54 Å². The summed E-state index contributed by atoms with van der Waals surface area (Å²) < 4.78 is 13.1. The predicted molar refractivity (Wildman–Crippen MR) is 66.4 cm³/mol. The molecule has 2 rings (SSSR count). The van der Waals surface area contributed by atoms with Gasteiger partial charge in [0.05, 0.1) is 12.5 Å². The first-order valence-electron chi connectivity index (χ1n) is 5.88. The normalized spacial score (nSPS) is 10.1. The summed E-state index contributed by atoms with van der Waals surface area (Å²) in [6, 6.07) is 6.70. The standard InChI is InChI=1S/C14H11FN2O4/c15-10-3-1-2-8(4-10)9-5-11(18)13(16-6-9)14(21)17-7-12(19)20/h1-6,18H,7H2,(H,17,21)(H,19,20)/p-2. The fourth-order valence-corrected chi connectivity index (χ4v) is 1.68. The molecule has 2 aromatic rings. The van der Waals surface area contributed by atoms with Gasteiger partial charge in [-0.3, -0.25) is 9.78 Å². The van der Waals surface area contributed by atoms with Gasteiger partial charge in [0.15, 0.2) is 0 Å². The van der Waals surface area contributed by atoms with Crippen LogP contribution in [-0.4, -0.2) is 23.4 Å². The van der Waals surface area contributed by atoms with E-state index < -0.39 is 35.7 Å². The minimum Gasteiger partial charge on any atom is -0.871 e. The van der Waals surface area contributed by atoms with Gasteiger partial charge in [-0.2, -0.15) is 0 Å². The first kappa shape index (κ1) is 14.4. The molecular formula is C14H9FN2O4-2. The molecule has 7 heteroatoms. The first-order valence-corrected chi connectivity index (χ1v) is 5.88. The van der Waals surface area contributed by atoms with Crippen molar-refractivity contribution in [2.24, 2.45) is 0 Å².